The van der Waals surface area contributed by atoms with Crippen LogP contribution in [0.2, 0.25) is 5.02 Å². The molecule has 0 saturated heterocycles. The van der Waals surface area contributed by atoms with E-state index in [9.17, 15) is 0 Å². The molecule has 3 N–H and O–H groups in total. The molecule has 0 atom stereocenters. The van der Waals surface area contributed by atoms with Crippen molar-refractivity contribution in [3.63, 3.8) is 0 Å². The van der Waals surface area contributed by atoms with Crippen molar-refractivity contribution in [3.05, 3.63) is 41.3 Å². The topological polar surface area (TPSA) is 76.7 Å². The molecule has 2 aromatic rings. The summed E-state index contributed by atoms with van der Waals surface area (Å²) in [5.41, 5.74) is 3.23. The highest BCUT2D eigenvalue weighted by atomic mass is 35.5. The average Bonchev–Trinajstić information content (AvgIpc) is 2.39. The van der Waals surface area contributed by atoms with Gasteiger partial charge in [0, 0.05) is 18.1 Å². The predicted octanol–water partition coefficient (Wildman–Crippen LogP) is 2.10. The van der Waals surface area contributed by atoms with Gasteiger partial charge < -0.3 is 5.43 Å². The van der Waals surface area contributed by atoms with Gasteiger partial charge in [0.15, 0.2) is 5.16 Å². The van der Waals surface area contributed by atoms with Gasteiger partial charge in [0.2, 0.25) is 0 Å². The summed E-state index contributed by atoms with van der Waals surface area (Å²) in [5, 5.41) is 1.30. The molecule has 0 aromatic carbocycles. The van der Waals surface area contributed by atoms with Crippen LogP contribution in [0.3, 0.4) is 0 Å². The van der Waals surface area contributed by atoms with Crippen molar-refractivity contribution < 1.29 is 0 Å². The molecule has 0 saturated carbocycles. The van der Waals surface area contributed by atoms with E-state index in [-0.39, 0.29) is 0 Å². The molecule has 0 amide bonds. The van der Waals surface area contributed by atoms with E-state index in [1.165, 1.54) is 11.8 Å². The second-order valence-corrected chi connectivity index (χ2v) is 4.44. The number of halogens is 1. The smallest absolute Gasteiger partial charge is 0.187 e. The molecule has 5 nitrogen and oxygen atoms in total. The molecule has 0 radical (unpaired) electrons. The largest absolute Gasteiger partial charge is 0.308 e. The molecule has 7 heteroatoms. The van der Waals surface area contributed by atoms with Crippen LogP contribution in [0.25, 0.3) is 0 Å². The molecule has 2 aromatic heterocycles. The summed E-state index contributed by atoms with van der Waals surface area (Å²) in [6.07, 6.45) is 3.39. The Kier molecular flexibility index (Phi) is 4.13. The Hall–Kier alpha value is -1.37. The number of nitrogen functional groups attached to an aromatic ring is 1. The highest BCUT2D eigenvalue weighted by molar-refractivity contribution is 7.98. The zero-order chi connectivity index (χ0) is 12.1. The van der Waals surface area contributed by atoms with Crippen LogP contribution in [0.15, 0.2) is 35.7 Å². The Labute approximate surface area is 108 Å². The number of aromatic nitrogens is 3. The predicted molar refractivity (Wildman–Crippen MR) is 68.7 cm³/mol. The number of pyridine rings is 1. The van der Waals surface area contributed by atoms with Gasteiger partial charge in [0.05, 0.1) is 10.7 Å². The standard InChI is InChI=1S/C10H10ClN5S/c11-7-2-3-9(16-12)15-8(7)6-17-10-13-4-1-5-14-10/h1-5H,6,12H2,(H,15,16). The Morgan fingerprint density at radius 3 is 2.76 bits per heavy atom. The molecular formula is C10H10ClN5S. The molecule has 88 valence electrons. The molecule has 0 spiro atoms. The lowest BCUT2D eigenvalue weighted by Crippen LogP contribution is -2.09. The van der Waals surface area contributed by atoms with E-state index in [2.05, 4.69) is 20.4 Å². The van der Waals surface area contributed by atoms with Crippen molar-refractivity contribution in [1.29, 1.82) is 0 Å². The third kappa shape index (κ3) is 3.29. The monoisotopic (exact) mass is 267 g/mol. The molecule has 2 rings (SSSR count). The van der Waals surface area contributed by atoms with Gasteiger partial charge in [-0.15, -0.1) is 0 Å². The first-order chi connectivity index (χ1) is 8.29. The van der Waals surface area contributed by atoms with Crippen LogP contribution in [-0.2, 0) is 5.75 Å². The van der Waals surface area contributed by atoms with Crippen molar-refractivity contribution in [2.45, 2.75) is 10.9 Å². The molecule has 0 aliphatic heterocycles. The molecule has 17 heavy (non-hydrogen) atoms. The summed E-state index contributed by atoms with van der Waals surface area (Å²) < 4.78 is 0. The van der Waals surface area contributed by atoms with Crippen molar-refractivity contribution in [3.8, 4) is 0 Å². The van der Waals surface area contributed by atoms with Crippen LogP contribution >= 0.6 is 23.4 Å². The summed E-state index contributed by atoms with van der Waals surface area (Å²) in [6, 6.07) is 5.25. The number of hydrazine groups is 1. The molecule has 0 bridgehead atoms. The number of rotatable bonds is 4. The molecule has 0 aliphatic rings. The van der Waals surface area contributed by atoms with Gasteiger partial charge in [-0.3, -0.25) is 0 Å². The van der Waals surface area contributed by atoms with Crippen LogP contribution in [0.5, 0.6) is 0 Å². The lowest BCUT2D eigenvalue weighted by molar-refractivity contribution is 0.964. The number of nitrogens with one attached hydrogen (secondary N) is 1. The number of hydrogen-bond donors (Lipinski definition) is 2. The third-order valence-corrected chi connectivity index (χ3v) is 3.18. The summed E-state index contributed by atoms with van der Waals surface area (Å²) in [4.78, 5) is 12.5. The summed E-state index contributed by atoms with van der Waals surface area (Å²) in [7, 11) is 0. The van der Waals surface area contributed by atoms with E-state index in [4.69, 9.17) is 17.4 Å². The number of hydrogen-bond acceptors (Lipinski definition) is 6. The van der Waals surface area contributed by atoms with Crippen molar-refractivity contribution in [2.75, 3.05) is 5.43 Å². The first-order valence-electron chi connectivity index (χ1n) is 4.81. The Morgan fingerprint density at radius 2 is 2.06 bits per heavy atom. The van der Waals surface area contributed by atoms with Gasteiger partial charge in [0.25, 0.3) is 0 Å². The van der Waals surface area contributed by atoms with E-state index in [1.54, 1.807) is 30.6 Å². The van der Waals surface area contributed by atoms with Crippen molar-refractivity contribution in [1.82, 2.24) is 15.0 Å². The van der Waals surface area contributed by atoms with Crippen molar-refractivity contribution in [2.24, 2.45) is 5.84 Å². The fourth-order valence-electron chi connectivity index (χ4n) is 1.16. The zero-order valence-electron chi connectivity index (χ0n) is 8.80. The second-order valence-electron chi connectivity index (χ2n) is 3.09. The number of anilines is 1. The quantitative estimate of drug-likeness (QED) is 0.382. The maximum atomic E-state index is 6.03. The Morgan fingerprint density at radius 1 is 1.29 bits per heavy atom. The Balaban J connectivity index is 2.08. The average molecular weight is 268 g/mol. The minimum absolute atomic E-state index is 0.582. The number of nitrogens with zero attached hydrogens (tertiary/aromatic N) is 3. The fraction of sp³-hybridized carbons (Fsp3) is 0.100. The van der Waals surface area contributed by atoms with Crippen LogP contribution in [0.1, 0.15) is 5.69 Å². The molecule has 0 aliphatic carbocycles. The van der Waals surface area contributed by atoms with Crippen LogP contribution in [-0.4, -0.2) is 15.0 Å². The normalized spacial score (nSPS) is 10.2. The Bertz CT molecular complexity index is 493. The maximum absolute atomic E-state index is 6.03. The molecule has 0 fully saturated rings. The lowest BCUT2D eigenvalue weighted by atomic mass is 10.4. The molecule has 0 unspecified atom stereocenters. The first-order valence-corrected chi connectivity index (χ1v) is 6.18. The highest BCUT2D eigenvalue weighted by Crippen LogP contribution is 2.23. The second kappa shape index (κ2) is 5.81. The van der Waals surface area contributed by atoms with E-state index in [0.29, 0.717) is 21.7 Å². The van der Waals surface area contributed by atoms with Gasteiger partial charge in [0.1, 0.15) is 5.82 Å². The fourth-order valence-corrected chi connectivity index (χ4v) is 2.17. The summed E-state index contributed by atoms with van der Waals surface area (Å²) in [6.45, 7) is 0. The van der Waals surface area contributed by atoms with Crippen LogP contribution in [0, 0.1) is 0 Å². The number of nitrogens with two attached hydrogens (primary N) is 1. The van der Waals surface area contributed by atoms with Gasteiger partial charge in [-0.1, -0.05) is 23.4 Å². The first kappa shape index (κ1) is 12.1. The van der Waals surface area contributed by atoms with Gasteiger partial charge in [-0.05, 0) is 18.2 Å². The van der Waals surface area contributed by atoms with E-state index in [1.807, 2.05) is 0 Å². The highest BCUT2D eigenvalue weighted by Gasteiger charge is 2.05. The summed E-state index contributed by atoms with van der Waals surface area (Å²) in [5.74, 6) is 6.47. The molecular weight excluding hydrogens is 258 g/mol. The minimum Gasteiger partial charge on any atom is -0.308 e. The van der Waals surface area contributed by atoms with Crippen LogP contribution < -0.4 is 11.3 Å². The van der Waals surface area contributed by atoms with E-state index >= 15 is 0 Å². The number of thioether (sulfide) groups is 1. The van der Waals surface area contributed by atoms with Gasteiger partial charge in [-0.2, -0.15) is 0 Å². The van der Waals surface area contributed by atoms with Crippen LogP contribution in [0.4, 0.5) is 5.82 Å². The third-order valence-electron chi connectivity index (χ3n) is 1.95. The maximum Gasteiger partial charge on any atom is 0.187 e. The van der Waals surface area contributed by atoms with E-state index in [0.717, 1.165) is 5.69 Å². The van der Waals surface area contributed by atoms with Crippen molar-refractivity contribution >= 4 is 29.2 Å². The van der Waals surface area contributed by atoms with E-state index < -0.39 is 0 Å². The minimum atomic E-state index is 0.582. The SMILES string of the molecule is NNc1ccc(Cl)c(CSc2ncccn2)n1. The van der Waals surface area contributed by atoms with Gasteiger partial charge >= 0.3 is 0 Å². The van der Waals surface area contributed by atoms with Gasteiger partial charge in [-0.25, -0.2) is 20.8 Å². The molecule has 2 heterocycles. The zero-order valence-corrected chi connectivity index (χ0v) is 10.4. The lowest BCUT2D eigenvalue weighted by Gasteiger charge is -2.05. The summed E-state index contributed by atoms with van der Waals surface area (Å²) >= 11 is 7.50.